The molecule has 0 fully saturated rings. The van der Waals surface area contributed by atoms with E-state index in [9.17, 15) is 13.2 Å². The number of methoxy groups -OCH3 is 2. The minimum absolute atomic E-state index is 0.0197. The molecule has 0 unspecified atom stereocenters. The van der Waals surface area contributed by atoms with Crippen molar-refractivity contribution >= 4 is 27.4 Å². The Morgan fingerprint density at radius 2 is 1.55 bits per heavy atom. The van der Waals surface area contributed by atoms with E-state index in [1.54, 1.807) is 50.2 Å². The largest absolute Gasteiger partial charge is 0.493 e. The van der Waals surface area contributed by atoms with Crippen molar-refractivity contribution in [2.45, 2.75) is 18.7 Å². The molecule has 0 amide bonds. The fourth-order valence-corrected chi connectivity index (χ4v) is 3.92. The Labute approximate surface area is 192 Å². The zero-order chi connectivity index (χ0) is 24.0. The van der Waals surface area contributed by atoms with Gasteiger partial charge in [-0.25, -0.2) is 23.1 Å². The first kappa shape index (κ1) is 23.7. The second-order valence-electron chi connectivity index (χ2n) is 7.02. The Bertz CT molecular complexity index is 1270. The van der Waals surface area contributed by atoms with Crippen LogP contribution in [0.25, 0.3) is 0 Å². The lowest BCUT2D eigenvalue weighted by Gasteiger charge is -2.09. The van der Waals surface area contributed by atoms with Crippen LogP contribution in [0.4, 0.5) is 11.6 Å². The van der Waals surface area contributed by atoms with E-state index in [2.05, 4.69) is 20.0 Å². The number of ether oxygens (including phenoxy) is 2. The molecule has 1 aromatic heterocycles. The van der Waals surface area contributed by atoms with Crippen molar-refractivity contribution in [3.63, 3.8) is 0 Å². The molecule has 9 nitrogen and oxygen atoms in total. The molecule has 1 heterocycles. The molecule has 172 valence electrons. The van der Waals surface area contributed by atoms with Gasteiger partial charge >= 0.3 is 0 Å². The topological polar surface area (TPSA) is 120 Å². The normalized spacial score (nSPS) is 11.3. The van der Waals surface area contributed by atoms with Crippen molar-refractivity contribution in [1.29, 1.82) is 0 Å². The molecular weight excluding hydrogens is 444 g/mol. The third-order valence-corrected chi connectivity index (χ3v) is 5.87. The number of benzene rings is 2. The van der Waals surface area contributed by atoms with E-state index >= 15 is 0 Å². The summed E-state index contributed by atoms with van der Waals surface area (Å²) in [6.07, 6.45) is 2.84. The monoisotopic (exact) mass is 468 g/mol. The van der Waals surface area contributed by atoms with Crippen LogP contribution >= 0.6 is 0 Å². The number of rotatable bonds is 9. The quantitative estimate of drug-likeness (QED) is 0.360. The van der Waals surface area contributed by atoms with Gasteiger partial charge in [-0.2, -0.15) is 0 Å². The number of aryl methyl sites for hydroxylation is 2. The summed E-state index contributed by atoms with van der Waals surface area (Å²) in [5.74, 6) is 0.776. The lowest BCUT2D eigenvalue weighted by molar-refractivity contribution is 0.104. The van der Waals surface area contributed by atoms with Gasteiger partial charge in [0.25, 0.3) is 10.0 Å². The van der Waals surface area contributed by atoms with Crippen LogP contribution < -0.4 is 19.5 Å². The minimum Gasteiger partial charge on any atom is -0.493 e. The van der Waals surface area contributed by atoms with Gasteiger partial charge in [0.1, 0.15) is 0 Å². The minimum atomic E-state index is -3.84. The molecule has 0 saturated heterocycles. The molecule has 2 N–H and O–H groups in total. The Kier molecular flexibility index (Phi) is 7.29. The number of nitrogens with zero attached hydrogens (tertiary/aromatic N) is 2. The number of aromatic nitrogens is 2. The van der Waals surface area contributed by atoms with E-state index in [1.165, 1.54) is 38.6 Å². The maximum atomic E-state index is 12.6. The van der Waals surface area contributed by atoms with Gasteiger partial charge in [0.05, 0.1) is 19.1 Å². The molecule has 0 spiro atoms. The van der Waals surface area contributed by atoms with Crippen molar-refractivity contribution in [2.75, 3.05) is 24.3 Å². The first-order valence-electron chi connectivity index (χ1n) is 9.86. The summed E-state index contributed by atoms with van der Waals surface area (Å²) in [6.45, 7) is 3.52. The van der Waals surface area contributed by atoms with Crippen molar-refractivity contribution in [3.8, 4) is 11.5 Å². The van der Waals surface area contributed by atoms with Gasteiger partial charge in [-0.05, 0) is 62.4 Å². The molecular formula is C23H24N4O5S. The molecule has 0 aliphatic carbocycles. The highest BCUT2D eigenvalue weighted by atomic mass is 32.2. The predicted molar refractivity (Wildman–Crippen MR) is 125 cm³/mol. The number of ketones is 1. The number of hydrogen-bond acceptors (Lipinski definition) is 8. The molecule has 0 bridgehead atoms. The molecule has 0 aliphatic rings. The van der Waals surface area contributed by atoms with Gasteiger partial charge < -0.3 is 14.8 Å². The maximum Gasteiger partial charge on any atom is 0.264 e. The van der Waals surface area contributed by atoms with Crippen molar-refractivity contribution in [2.24, 2.45) is 0 Å². The maximum absolute atomic E-state index is 12.6. The fraction of sp³-hybridized carbons (Fsp3) is 0.174. The molecule has 0 saturated carbocycles. The van der Waals surface area contributed by atoms with Gasteiger partial charge in [0, 0.05) is 34.9 Å². The first-order chi connectivity index (χ1) is 15.7. The lowest BCUT2D eigenvalue weighted by Crippen LogP contribution is -2.15. The van der Waals surface area contributed by atoms with Gasteiger partial charge in [0.15, 0.2) is 17.3 Å². The van der Waals surface area contributed by atoms with Crippen LogP contribution in [0.2, 0.25) is 0 Å². The second-order valence-corrected chi connectivity index (χ2v) is 8.70. The molecule has 33 heavy (non-hydrogen) atoms. The number of anilines is 2. The zero-order valence-electron chi connectivity index (χ0n) is 18.6. The summed E-state index contributed by atoms with van der Waals surface area (Å²) in [5, 5.41) is 2.94. The van der Waals surface area contributed by atoms with Crippen molar-refractivity contribution in [3.05, 3.63) is 77.8 Å². The average molecular weight is 469 g/mol. The summed E-state index contributed by atoms with van der Waals surface area (Å²) in [4.78, 5) is 20.6. The molecule has 0 aliphatic heterocycles. The van der Waals surface area contributed by atoms with Gasteiger partial charge in [-0.3, -0.25) is 4.79 Å². The number of carbonyl (C=O) groups excluding carboxylic acids is 1. The standard InChI is InChI=1S/C23H24N4O5S/c1-15-13-16(2)26-23(25-15)27-33(29,30)19-8-6-18(7-9-19)24-12-11-20(28)17-5-10-21(31-3)22(14-17)32-4/h5-14,24H,1-4H3,(H,25,26,27)/b12-11+. The number of hydrogen-bond donors (Lipinski definition) is 2. The highest BCUT2D eigenvalue weighted by Gasteiger charge is 2.16. The van der Waals surface area contributed by atoms with Crippen molar-refractivity contribution in [1.82, 2.24) is 9.97 Å². The molecule has 0 atom stereocenters. The van der Waals surface area contributed by atoms with E-state index in [0.717, 1.165) is 0 Å². The van der Waals surface area contributed by atoms with Crippen LogP contribution in [-0.4, -0.2) is 38.4 Å². The van der Waals surface area contributed by atoms with Gasteiger partial charge in [-0.15, -0.1) is 0 Å². The Morgan fingerprint density at radius 3 is 2.15 bits per heavy atom. The molecule has 0 radical (unpaired) electrons. The highest BCUT2D eigenvalue weighted by molar-refractivity contribution is 7.92. The molecule has 10 heteroatoms. The van der Waals surface area contributed by atoms with Crippen LogP contribution in [0.3, 0.4) is 0 Å². The first-order valence-corrected chi connectivity index (χ1v) is 11.3. The van der Waals surface area contributed by atoms with Gasteiger partial charge in [0.2, 0.25) is 5.95 Å². The average Bonchev–Trinajstić information content (AvgIpc) is 2.77. The number of nitrogens with one attached hydrogen (secondary N) is 2. The smallest absolute Gasteiger partial charge is 0.264 e. The number of carbonyl (C=O) groups is 1. The Morgan fingerprint density at radius 1 is 0.909 bits per heavy atom. The highest BCUT2D eigenvalue weighted by Crippen LogP contribution is 2.27. The van der Waals surface area contributed by atoms with Crippen LogP contribution in [0.5, 0.6) is 11.5 Å². The van der Waals surface area contributed by atoms with E-state index in [1.807, 2.05) is 0 Å². The van der Waals surface area contributed by atoms with E-state index in [0.29, 0.717) is 34.1 Å². The second kappa shape index (κ2) is 10.1. The third kappa shape index (κ3) is 6.07. The van der Waals surface area contributed by atoms with Crippen LogP contribution in [-0.2, 0) is 10.0 Å². The zero-order valence-corrected chi connectivity index (χ0v) is 19.4. The van der Waals surface area contributed by atoms with Crippen LogP contribution in [0.15, 0.2) is 65.7 Å². The SMILES string of the molecule is COc1ccc(C(=O)/C=C/Nc2ccc(S(=O)(=O)Nc3nc(C)cc(C)n3)cc2)cc1OC. The number of sulfonamides is 1. The molecule has 3 rings (SSSR count). The summed E-state index contributed by atoms with van der Waals surface area (Å²) in [5.41, 5.74) is 2.36. The fourth-order valence-electron chi connectivity index (χ4n) is 2.98. The Balaban J connectivity index is 1.65. The van der Waals surface area contributed by atoms with E-state index in [4.69, 9.17) is 9.47 Å². The Hall–Kier alpha value is -3.92. The number of allylic oxidation sites excluding steroid dienone is 1. The predicted octanol–water partition coefficient (Wildman–Crippen LogP) is 3.72. The van der Waals surface area contributed by atoms with Crippen LogP contribution in [0, 0.1) is 13.8 Å². The summed E-state index contributed by atoms with van der Waals surface area (Å²) < 4.78 is 38.0. The van der Waals surface area contributed by atoms with Crippen LogP contribution in [0.1, 0.15) is 21.7 Å². The van der Waals surface area contributed by atoms with Gasteiger partial charge in [-0.1, -0.05) is 0 Å². The molecule has 3 aromatic rings. The summed E-state index contributed by atoms with van der Waals surface area (Å²) in [7, 11) is -0.824. The van der Waals surface area contributed by atoms with E-state index in [-0.39, 0.29) is 16.6 Å². The lowest BCUT2D eigenvalue weighted by atomic mass is 10.1. The van der Waals surface area contributed by atoms with Crippen molar-refractivity contribution < 1.29 is 22.7 Å². The molecule has 2 aromatic carbocycles. The third-order valence-electron chi connectivity index (χ3n) is 4.53. The summed E-state index contributed by atoms with van der Waals surface area (Å²) >= 11 is 0. The van der Waals surface area contributed by atoms with E-state index < -0.39 is 10.0 Å². The summed E-state index contributed by atoms with van der Waals surface area (Å²) in [6, 6.07) is 12.7.